The van der Waals surface area contributed by atoms with Crippen molar-refractivity contribution >= 4 is 0 Å². The van der Waals surface area contributed by atoms with Crippen molar-refractivity contribution in [1.29, 1.82) is 0 Å². The number of hydrogen-bond acceptors (Lipinski definition) is 0. The number of halogens is 3. The summed E-state index contributed by atoms with van der Waals surface area (Å²) >= 11 is 0. The van der Waals surface area contributed by atoms with Gasteiger partial charge in [0.2, 0.25) is 0 Å². The van der Waals surface area contributed by atoms with Crippen LogP contribution in [0.2, 0.25) is 0 Å². The van der Waals surface area contributed by atoms with E-state index in [0.29, 0.717) is 5.56 Å². The molecule has 0 N–H and O–H groups in total. The van der Waals surface area contributed by atoms with Gasteiger partial charge in [0.05, 0.1) is 0 Å². The summed E-state index contributed by atoms with van der Waals surface area (Å²) in [4.78, 5) is 0. The zero-order valence-electron chi connectivity index (χ0n) is 12.8. The summed E-state index contributed by atoms with van der Waals surface area (Å²) in [7, 11) is 0. The summed E-state index contributed by atoms with van der Waals surface area (Å²) in [6, 6.07) is 2.34. The van der Waals surface area contributed by atoms with Gasteiger partial charge in [0.1, 0.15) is 0 Å². The number of hydrogen-bond donors (Lipinski definition) is 0. The molecule has 1 aromatic rings. The molecule has 0 amide bonds. The zero-order chi connectivity index (χ0) is 15.2. The Kier molecular flexibility index (Phi) is 6.13. The van der Waals surface area contributed by atoms with Gasteiger partial charge in [0.15, 0.2) is 17.5 Å². The topological polar surface area (TPSA) is 0 Å². The van der Waals surface area contributed by atoms with Crippen LogP contribution in [-0.4, -0.2) is 0 Å². The van der Waals surface area contributed by atoms with Crippen molar-refractivity contribution in [2.45, 2.75) is 70.6 Å². The molecule has 0 aliphatic heterocycles. The summed E-state index contributed by atoms with van der Waals surface area (Å²) in [5.41, 5.74) is 0.621. The zero-order valence-corrected chi connectivity index (χ0v) is 12.8. The van der Waals surface area contributed by atoms with E-state index in [2.05, 4.69) is 6.92 Å². The van der Waals surface area contributed by atoms with Crippen LogP contribution in [0.3, 0.4) is 0 Å². The largest absolute Gasteiger partial charge is 0.204 e. The highest BCUT2D eigenvalue weighted by atomic mass is 19.2. The molecule has 0 bridgehead atoms. The molecule has 1 saturated carbocycles. The van der Waals surface area contributed by atoms with E-state index in [1.54, 1.807) is 0 Å². The first-order chi connectivity index (χ1) is 10.1. The highest BCUT2D eigenvalue weighted by molar-refractivity contribution is 5.23. The highest BCUT2D eigenvalue weighted by Gasteiger charge is 2.24. The maximum Gasteiger partial charge on any atom is 0.194 e. The van der Waals surface area contributed by atoms with Crippen molar-refractivity contribution in [3.8, 4) is 0 Å². The van der Waals surface area contributed by atoms with Crippen molar-refractivity contribution in [1.82, 2.24) is 0 Å². The first-order valence-electron chi connectivity index (χ1n) is 8.26. The summed E-state index contributed by atoms with van der Waals surface area (Å²) in [6.45, 7) is 2.21. The van der Waals surface area contributed by atoms with Gasteiger partial charge in [-0.2, -0.15) is 0 Å². The van der Waals surface area contributed by atoms with Crippen LogP contribution in [0, 0.1) is 23.4 Å². The molecule has 3 heteroatoms. The molecular formula is C18H25F3. The molecule has 0 atom stereocenters. The molecule has 1 fully saturated rings. The Labute approximate surface area is 125 Å². The van der Waals surface area contributed by atoms with Crippen molar-refractivity contribution in [2.75, 3.05) is 0 Å². The lowest BCUT2D eigenvalue weighted by Gasteiger charge is -2.29. The fourth-order valence-corrected chi connectivity index (χ4v) is 3.46. The van der Waals surface area contributed by atoms with Crippen LogP contribution >= 0.6 is 0 Å². The van der Waals surface area contributed by atoms with E-state index < -0.39 is 17.5 Å². The van der Waals surface area contributed by atoms with Gasteiger partial charge >= 0.3 is 0 Å². The van der Waals surface area contributed by atoms with Gasteiger partial charge in [0.25, 0.3) is 0 Å². The summed E-state index contributed by atoms with van der Waals surface area (Å²) in [5, 5.41) is 0. The van der Waals surface area contributed by atoms with Crippen LogP contribution in [-0.2, 0) is 0 Å². The average molecular weight is 298 g/mol. The minimum Gasteiger partial charge on any atom is -0.204 e. The van der Waals surface area contributed by atoms with Crippen LogP contribution in [0.25, 0.3) is 0 Å². The smallest absolute Gasteiger partial charge is 0.194 e. The van der Waals surface area contributed by atoms with Crippen LogP contribution in [0.15, 0.2) is 12.1 Å². The highest BCUT2D eigenvalue weighted by Crippen LogP contribution is 2.38. The van der Waals surface area contributed by atoms with E-state index in [1.807, 2.05) is 0 Å². The lowest BCUT2D eigenvalue weighted by Crippen LogP contribution is -2.14. The Morgan fingerprint density at radius 3 is 2.10 bits per heavy atom. The van der Waals surface area contributed by atoms with Crippen molar-refractivity contribution in [3.63, 3.8) is 0 Å². The van der Waals surface area contributed by atoms with Crippen molar-refractivity contribution in [2.24, 2.45) is 5.92 Å². The van der Waals surface area contributed by atoms with E-state index >= 15 is 0 Å². The Morgan fingerprint density at radius 2 is 1.52 bits per heavy atom. The van der Waals surface area contributed by atoms with Gasteiger partial charge in [-0.05, 0) is 55.2 Å². The normalized spacial score (nSPS) is 22.5. The van der Waals surface area contributed by atoms with Gasteiger partial charge in [-0.1, -0.05) is 39.0 Å². The number of benzene rings is 1. The van der Waals surface area contributed by atoms with Gasteiger partial charge < -0.3 is 0 Å². The van der Waals surface area contributed by atoms with Crippen molar-refractivity contribution < 1.29 is 13.2 Å². The predicted molar refractivity (Wildman–Crippen MR) is 79.8 cm³/mol. The first-order valence-corrected chi connectivity index (χ1v) is 8.26. The SMILES string of the molecule is CCCCCCC1CCC(c2cc(F)c(F)c(F)c2)CC1. The molecule has 2 rings (SSSR count). The van der Waals surface area contributed by atoms with Crippen LogP contribution in [0.4, 0.5) is 13.2 Å². The predicted octanol–water partition coefficient (Wildman–Crippen LogP) is 6.35. The molecule has 0 spiro atoms. The van der Waals surface area contributed by atoms with Crippen LogP contribution in [0.5, 0.6) is 0 Å². The molecule has 0 radical (unpaired) electrons. The second kappa shape index (κ2) is 7.86. The third-order valence-corrected chi connectivity index (χ3v) is 4.79. The molecule has 1 aliphatic carbocycles. The summed E-state index contributed by atoms with van der Waals surface area (Å²) in [5.74, 6) is -2.54. The Balaban J connectivity index is 1.84. The standard InChI is InChI=1S/C18H25F3/c1-2-3-4-5-6-13-7-9-14(10-8-13)15-11-16(19)18(21)17(20)12-15/h11-14H,2-10H2,1H3. The Hall–Kier alpha value is -0.990. The minimum atomic E-state index is -1.36. The maximum absolute atomic E-state index is 13.3. The molecule has 0 aromatic heterocycles. The molecule has 118 valence electrons. The quantitative estimate of drug-likeness (QED) is 0.424. The average Bonchev–Trinajstić information content (AvgIpc) is 2.49. The van der Waals surface area contributed by atoms with E-state index in [0.717, 1.165) is 31.6 Å². The Morgan fingerprint density at radius 1 is 0.905 bits per heavy atom. The lowest BCUT2D eigenvalue weighted by atomic mass is 9.77. The molecule has 0 heterocycles. The first kappa shape index (κ1) is 16.4. The van der Waals surface area contributed by atoms with Gasteiger partial charge in [0, 0.05) is 0 Å². The second-order valence-corrected chi connectivity index (χ2v) is 6.37. The lowest BCUT2D eigenvalue weighted by molar-refractivity contribution is 0.301. The monoisotopic (exact) mass is 298 g/mol. The number of unbranched alkanes of at least 4 members (excludes halogenated alkanes) is 3. The van der Waals surface area contributed by atoms with Crippen molar-refractivity contribution in [3.05, 3.63) is 35.1 Å². The molecule has 0 unspecified atom stereocenters. The Bertz CT molecular complexity index is 425. The molecular weight excluding hydrogens is 273 g/mol. The molecule has 0 saturated heterocycles. The third-order valence-electron chi connectivity index (χ3n) is 4.79. The van der Waals surface area contributed by atoms with E-state index in [4.69, 9.17) is 0 Å². The fourth-order valence-electron chi connectivity index (χ4n) is 3.46. The fraction of sp³-hybridized carbons (Fsp3) is 0.667. The molecule has 1 aromatic carbocycles. The van der Waals surface area contributed by atoms with Gasteiger partial charge in [-0.15, -0.1) is 0 Å². The van der Waals surface area contributed by atoms with Gasteiger partial charge in [-0.3, -0.25) is 0 Å². The van der Waals surface area contributed by atoms with Crippen LogP contribution < -0.4 is 0 Å². The summed E-state index contributed by atoms with van der Waals surface area (Å²) in [6.07, 6.45) is 10.6. The third kappa shape index (κ3) is 4.49. The maximum atomic E-state index is 13.3. The second-order valence-electron chi connectivity index (χ2n) is 6.37. The van der Waals surface area contributed by atoms with Gasteiger partial charge in [-0.25, -0.2) is 13.2 Å². The summed E-state index contributed by atoms with van der Waals surface area (Å²) < 4.78 is 39.6. The number of rotatable bonds is 6. The van der Waals surface area contributed by atoms with Crippen LogP contribution in [0.1, 0.15) is 76.2 Å². The van der Waals surface area contributed by atoms with E-state index in [9.17, 15) is 13.2 Å². The minimum absolute atomic E-state index is 0.182. The molecule has 0 nitrogen and oxygen atoms in total. The molecule has 21 heavy (non-hydrogen) atoms. The van der Waals surface area contributed by atoms with E-state index in [-0.39, 0.29) is 5.92 Å². The molecule has 1 aliphatic rings. The van der Waals surface area contributed by atoms with E-state index in [1.165, 1.54) is 44.2 Å².